The average Bonchev–Trinajstić information content (AvgIpc) is 3.32. The van der Waals surface area contributed by atoms with Crippen LogP contribution in [0.5, 0.6) is 0 Å². The quantitative estimate of drug-likeness (QED) is 0.127. The Balaban J connectivity index is 2.89. The van der Waals surface area contributed by atoms with E-state index in [0.717, 1.165) is 19.3 Å². The smallest absolute Gasteiger partial charge is 0.303 e. The summed E-state index contributed by atoms with van der Waals surface area (Å²) in [5.41, 5.74) is 0.571. The third-order valence-electron chi connectivity index (χ3n) is 6.55. The lowest BCUT2D eigenvalue weighted by Gasteiger charge is -2.30. The van der Waals surface area contributed by atoms with Gasteiger partial charge in [-0.05, 0) is 58.3 Å². The maximum Gasteiger partial charge on any atom is 0.303 e. The number of likely N-dealkylation sites (tertiary alicyclic amines) is 1. The molecule has 3 amide bonds. The molecule has 1 fully saturated rings. The van der Waals surface area contributed by atoms with Crippen molar-refractivity contribution in [2.75, 3.05) is 6.54 Å². The molecule has 0 aromatic rings. The van der Waals surface area contributed by atoms with Crippen LogP contribution in [0.15, 0.2) is 0 Å². The Kier molecular flexibility index (Phi) is 14.6. The second-order valence-electron chi connectivity index (χ2n) is 9.73. The van der Waals surface area contributed by atoms with Crippen LogP contribution < -0.4 is 10.6 Å². The lowest BCUT2D eigenvalue weighted by molar-refractivity contribution is -0.143. The van der Waals surface area contributed by atoms with Gasteiger partial charge in [-0.1, -0.05) is 33.1 Å². The summed E-state index contributed by atoms with van der Waals surface area (Å²) in [5.74, 6) is -2.45. The second kappa shape index (κ2) is 16.8. The van der Waals surface area contributed by atoms with Crippen molar-refractivity contribution in [3.8, 4) is 0 Å². The average molecular weight is 509 g/mol. The third kappa shape index (κ3) is 10.9. The first-order valence-corrected chi connectivity index (χ1v) is 13.3. The Hall–Kier alpha value is -2.78. The molecule has 0 aromatic carbocycles. The summed E-state index contributed by atoms with van der Waals surface area (Å²) in [4.78, 5) is 63.4. The molecule has 10 heteroatoms. The maximum absolute atomic E-state index is 13.4. The molecule has 204 valence electrons. The monoisotopic (exact) mass is 508 g/mol. The van der Waals surface area contributed by atoms with Crippen LogP contribution in [0.3, 0.4) is 0 Å². The molecule has 0 unspecified atom stereocenters. The number of aldehydes is 1. The van der Waals surface area contributed by atoms with Gasteiger partial charge in [0.1, 0.15) is 18.4 Å². The number of carbonyl (C=O) groups is 5. The molecule has 3 atom stereocenters. The molecule has 0 aromatic heterocycles. The molecular weight excluding hydrogens is 464 g/mol. The number of aliphatic carboxylic acids is 1. The number of rotatable bonds is 18. The van der Waals surface area contributed by atoms with Crippen LogP contribution in [0.1, 0.15) is 97.8 Å². The topological polar surface area (TPSA) is 157 Å². The molecule has 1 aliphatic rings. The van der Waals surface area contributed by atoms with Gasteiger partial charge in [-0.2, -0.15) is 0 Å². The van der Waals surface area contributed by atoms with Crippen molar-refractivity contribution in [1.29, 1.82) is 5.41 Å². The van der Waals surface area contributed by atoms with Crippen molar-refractivity contribution >= 4 is 35.7 Å². The summed E-state index contributed by atoms with van der Waals surface area (Å²) < 4.78 is 0. The molecule has 0 aliphatic carbocycles. The fourth-order valence-electron chi connectivity index (χ4n) is 4.63. The number of hydrogen-bond acceptors (Lipinski definition) is 6. The lowest BCUT2D eigenvalue weighted by Crippen LogP contribution is -2.55. The van der Waals surface area contributed by atoms with E-state index in [-0.39, 0.29) is 24.7 Å². The van der Waals surface area contributed by atoms with Gasteiger partial charge in [0.05, 0.1) is 6.04 Å². The van der Waals surface area contributed by atoms with E-state index in [1.54, 1.807) is 6.92 Å². The van der Waals surface area contributed by atoms with Gasteiger partial charge in [-0.15, -0.1) is 0 Å². The predicted octanol–water partition coefficient (Wildman–Crippen LogP) is 2.83. The molecule has 0 saturated carbocycles. The van der Waals surface area contributed by atoms with E-state index in [0.29, 0.717) is 63.5 Å². The fraction of sp³-hybridized carbons (Fsp3) is 0.769. The summed E-state index contributed by atoms with van der Waals surface area (Å²) >= 11 is 0. The van der Waals surface area contributed by atoms with Gasteiger partial charge in [0.15, 0.2) is 0 Å². The summed E-state index contributed by atoms with van der Waals surface area (Å²) in [5, 5.41) is 22.1. The molecule has 1 saturated heterocycles. The van der Waals surface area contributed by atoms with Gasteiger partial charge in [0.25, 0.3) is 0 Å². The SMILES string of the molecule is CCCC(CCC)C(=O)N[C@@H](CCC(=O)O)C(=O)N1CCC[C@H]1C(=O)N[C@H](C=O)CCCCC(C)=N. The Morgan fingerprint density at radius 3 is 2.25 bits per heavy atom. The number of carbonyl (C=O) groups excluding carboxylic acids is 4. The van der Waals surface area contributed by atoms with Crippen LogP contribution in [0.25, 0.3) is 0 Å². The predicted molar refractivity (Wildman–Crippen MR) is 137 cm³/mol. The first-order chi connectivity index (χ1) is 17.1. The number of amides is 3. The molecule has 36 heavy (non-hydrogen) atoms. The van der Waals surface area contributed by atoms with Crippen LogP contribution in [0.4, 0.5) is 0 Å². The first kappa shape index (κ1) is 31.3. The second-order valence-corrected chi connectivity index (χ2v) is 9.73. The van der Waals surface area contributed by atoms with Gasteiger partial charge in [0.2, 0.25) is 17.7 Å². The highest BCUT2D eigenvalue weighted by atomic mass is 16.4. The van der Waals surface area contributed by atoms with E-state index >= 15 is 0 Å². The van der Waals surface area contributed by atoms with Gasteiger partial charge in [-0.25, -0.2) is 0 Å². The van der Waals surface area contributed by atoms with E-state index in [4.69, 9.17) is 10.5 Å². The highest BCUT2D eigenvalue weighted by molar-refractivity contribution is 5.93. The van der Waals surface area contributed by atoms with Crippen LogP contribution in [-0.4, -0.2) is 70.4 Å². The normalized spacial score (nSPS) is 16.9. The van der Waals surface area contributed by atoms with Crippen molar-refractivity contribution in [1.82, 2.24) is 15.5 Å². The van der Waals surface area contributed by atoms with Crippen molar-refractivity contribution in [2.45, 2.75) is 116 Å². The molecule has 0 radical (unpaired) electrons. The lowest BCUT2D eigenvalue weighted by atomic mass is 9.96. The standard InChI is InChI=1S/C26H44N4O6/c1-4-9-19(10-5-2)24(34)29-21(14-15-23(32)33)26(36)30-16-8-13-22(30)25(35)28-20(17-31)12-7-6-11-18(3)27/h17,19-22,27H,4-16H2,1-3H3,(H,28,35)(H,29,34)(H,32,33)/t20-,21-,22-/m0/s1. The van der Waals surface area contributed by atoms with Crippen molar-refractivity contribution in [3.05, 3.63) is 0 Å². The van der Waals surface area contributed by atoms with E-state index in [1.807, 2.05) is 13.8 Å². The Bertz CT molecular complexity index is 766. The molecule has 0 bridgehead atoms. The summed E-state index contributed by atoms with van der Waals surface area (Å²) in [7, 11) is 0. The molecule has 1 rings (SSSR count). The summed E-state index contributed by atoms with van der Waals surface area (Å²) in [6.45, 7) is 6.02. The Morgan fingerprint density at radius 1 is 1.03 bits per heavy atom. The zero-order valence-corrected chi connectivity index (χ0v) is 22.0. The molecule has 10 nitrogen and oxygen atoms in total. The number of nitrogens with one attached hydrogen (secondary N) is 3. The van der Waals surface area contributed by atoms with Crippen molar-refractivity contribution in [3.63, 3.8) is 0 Å². The zero-order chi connectivity index (χ0) is 27.1. The largest absolute Gasteiger partial charge is 0.481 e. The minimum Gasteiger partial charge on any atom is -0.481 e. The fourth-order valence-corrected chi connectivity index (χ4v) is 4.63. The van der Waals surface area contributed by atoms with Gasteiger partial charge in [0, 0.05) is 24.6 Å². The molecular formula is C26H44N4O6. The van der Waals surface area contributed by atoms with Gasteiger partial charge >= 0.3 is 5.97 Å². The highest BCUT2D eigenvalue weighted by Crippen LogP contribution is 2.21. The van der Waals surface area contributed by atoms with Gasteiger partial charge < -0.3 is 30.8 Å². The van der Waals surface area contributed by atoms with E-state index in [2.05, 4.69) is 10.6 Å². The zero-order valence-electron chi connectivity index (χ0n) is 22.0. The molecule has 4 N–H and O–H groups in total. The first-order valence-electron chi connectivity index (χ1n) is 13.3. The van der Waals surface area contributed by atoms with Gasteiger partial charge in [-0.3, -0.25) is 19.2 Å². The van der Waals surface area contributed by atoms with Crippen LogP contribution in [0.2, 0.25) is 0 Å². The maximum atomic E-state index is 13.4. The van der Waals surface area contributed by atoms with Crippen LogP contribution in [0, 0.1) is 11.3 Å². The third-order valence-corrected chi connectivity index (χ3v) is 6.55. The summed E-state index contributed by atoms with van der Waals surface area (Å²) in [6.07, 6.45) is 6.93. The van der Waals surface area contributed by atoms with E-state index in [9.17, 15) is 24.0 Å². The van der Waals surface area contributed by atoms with Crippen molar-refractivity contribution < 1.29 is 29.1 Å². The van der Waals surface area contributed by atoms with E-state index < -0.39 is 35.9 Å². The Morgan fingerprint density at radius 2 is 1.69 bits per heavy atom. The highest BCUT2D eigenvalue weighted by Gasteiger charge is 2.38. The molecule has 1 heterocycles. The minimum absolute atomic E-state index is 0.0564. The van der Waals surface area contributed by atoms with Crippen LogP contribution in [-0.2, 0) is 24.0 Å². The molecule has 0 spiro atoms. The minimum atomic E-state index is -1.07. The Labute approximate surface area is 214 Å². The number of hydrogen-bond donors (Lipinski definition) is 4. The summed E-state index contributed by atoms with van der Waals surface area (Å²) in [6, 6.07) is -2.47. The van der Waals surface area contributed by atoms with Crippen LogP contribution >= 0.6 is 0 Å². The number of nitrogens with zero attached hydrogens (tertiary/aromatic N) is 1. The number of carboxylic acids is 1. The number of unbranched alkanes of at least 4 members (excludes halogenated alkanes) is 1. The molecule has 1 aliphatic heterocycles. The van der Waals surface area contributed by atoms with E-state index in [1.165, 1.54) is 4.90 Å². The number of carboxylic acid groups (broad SMARTS) is 1. The van der Waals surface area contributed by atoms with Crippen molar-refractivity contribution in [2.24, 2.45) is 5.92 Å².